The van der Waals surface area contributed by atoms with Gasteiger partial charge in [-0.25, -0.2) is 4.79 Å². The van der Waals surface area contributed by atoms with Crippen molar-refractivity contribution in [2.75, 3.05) is 50.6 Å². The van der Waals surface area contributed by atoms with Crippen molar-refractivity contribution >= 4 is 17.4 Å². The van der Waals surface area contributed by atoms with Crippen LogP contribution in [0.25, 0.3) is 0 Å². The highest BCUT2D eigenvalue weighted by Gasteiger charge is 2.22. The molecule has 0 bridgehead atoms. The number of urea groups is 1. The van der Waals surface area contributed by atoms with E-state index >= 15 is 0 Å². The van der Waals surface area contributed by atoms with Crippen molar-refractivity contribution in [3.05, 3.63) is 47.5 Å². The summed E-state index contributed by atoms with van der Waals surface area (Å²) in [6.07, 6.45) is 0. The average molecular weight is 369 g/mol. The van der Waals surface area contributed by atoms with Crippen LogP contribution in [0, 0.1) is 13.8 Å². The summed E-state index contributed by atoms with van der Waals surface area (Å²) in [5.74, 6) is 1.23. The first-order valence-corrected chi connectivity index (χ1v) is 9.12. The number of hydrogen-bond acceptors (Lipinski definition) is 4. The number of piperazine rings is 1. The maximum atomic E-state index is 12.6. The average Bonchev–Trinajstić information content (AvgIpc) is 2.70. The van der Waals surface area contributed by atoms with Crippen LogP contribution in [0.2, 0.25) is 0 Å². The minimum absolute atomic E-state index is 0.0954. The molecule has 2 amide bonds. The molecule has 0 unspecified atom stereocenters. The Morgan fingerprint density at radius 1 is 0.889 bits per heavy atom. The lowest BCUT2D eigenvalue weighted by atomic mass is 10.1. The Balaban J connectivity index is 1.59. The Labute approximate surface area is 160 Å². The number of amides is 2. The topological polar surface area (TPSA) is 54.0 Å². The van der Waals surface area contributed by atoms with Crippen LogP contribution in [0.4, 0.5) is 16.2 Å². The Morgan fingerprint density at radius 3 is 2.22 bits per heavy atom. The quantitative estimate of drug-likeness (QED) is 0.893. The number of ether oxygens (including phenoxy) is 2. The number of methoxy groups -OCH3 is 2. The highest BCUT2D eigenvalue weighted by atomic mass is 16.5. The van der Waals surface area contributed by atoms with Gasteiger partial charge in [0.25, 0.3) is 0 Å². The lowest BCUT2D eigenvalue weighted by Gasteiger charge is -2.36. The van der Waals surface area contributed by atoms with E-state index in [9.17, 15) is 4.79 Å². The zero-order valence-electron chi connectivity index (χ0n) is 16.4. The van der Waals surface area contributed by atoms with E-state index in [0.29, 0.717) is 30.3 Å². The molecule has 2 aromatic carbocycles. The van der Waals surface area contributed by atoms with Gasteiger partial charge in [-0.1, -0.05) is 6.07 Å². The van der Waals surface area contributed by atoms with Crippen molar-refractivity contribution in [2.45, 2.75) is 13.8 Å². The van der Waals surface area contributed by atoms with Gasteiger partial charge in [-0.2, -0.15) is 0 Å². The Morgan fingerprint density at radius 2 is 1.59 bits per heavy atom. The molecule has 1 fully saturated rings. The Kier molecular flexibility index (Phi) is 5.74. The van der Waals surface area contributed by atoms with Gasteiger partial charge in [-0.15, -0.1) is 0 Å². The number of benzene rings is 2. The van der Waals surface area contributed by atoms with Crippen molar-refractivity contribution in [2.24, 2.45) is 0 Å². The summed E-state index contributed by atoms with van der Waals surface area (Å²) in [4.78, 5) is 16.8. The molecule has 0 aromatic heterocycles. The molecule has 144 valence electrons. The van der Waals surface area contributed by atoms with E-state index in [4.69, 9.17) is 9.47 Å². The molecule has 1 heterocycles. The molecule has 0 saturated carbocycles. The van der Waals surface area contributed by atoms with Crippen LogP contribution in [0.3, 0.4) is 0 Å². The molecule has 6 heteroatoms. The Bertz CT molecular complexity index is 814. The van der Waals surface area contributed by atoms with E-state index in [0.717, 1.165) is 13.1 Å². The summed E-state index contributed by atoms with van der Waals surface area (Å²) in [7, 11) is 3.17. The van der Waals surface area contributed by atoms with Gasteiger partial charge in [-0.3, -0.25) is 0 Å². The smallest absolute Gasteiger partial charge is 0.321 e. The fourth-order valence-electron chi connectivity index (χ4n) is 3.21. The van der Waals surface area contributed by atoms with Crippen molar-refractivity contribution in [1.29, 1.82) is 0 Å². The summed E-state index contributed by atoms with van der Waals surface area (Å²) in [5, 5.41) is 2.94. The Hall–Kier alpha value is -2.89. The SMILES string of the molecule is COc1ccc(NC(=O)N2CCN(c3ccc(C)c(C)c3)CC2)cc1OC. The summed E-state index contributed by atoms with van der Waals surface area (Å²) in [6.45, 7) is 7.27. The first-order valence-electron chi connectivity index (χ1n) is 9.12. The van der Waals surface area contributed by atoms with E-state index < -0.39 is 0 Å². The van der Waals surface area contributed by atoms with E-state index in [2.05, 4.69) is 42.3 Å². The van der Waals surface area contributed by atoms with Crippen LogP contribution < -0.4 is 19.7 Å². The maximum Gasteiger partial charge on any atom is 0.321 e. The van der Waals surface area contributed by atoms with Gasteiger partial charge in [0.1, 0.15) is 0 Å². The lowest BCUT2D eigenvalue weighted by Crippen LogP contribution is -2.50. The molecule has 0 spiro atoms. The van der Waals surface area contributed by atoms with Crippen molar-refractivity contribution < 1.29 is 14.3 Å². The fraction of sp³-hybridized carbons (Fsp3) is 0.381. The molecule has 0 aliphatic carbocycles. The molecule has 1 aliphatic heterocycles. The summed E-state index contributed by atoms with van der Waals surface area (Å²) >= 11 is 0. The second-order valence-electron chi connectivity index (χ2n) is 6.74. The van der Waals surface area contributed by atoms with Gasteiger partial charge in [0.05, 0.1) is 14.2 Å². The van der Waals surface area contributed by atoms with Crippen molar-refractivity contribution in [3.63, 3.8) is 0 Å². The number of nitrogens with one attached hydrogen (secondary N) is 1. The first-order chi connectivity index (χ1) is 13.0. The second-order valence-corrected chi connectivity index (χ2v) is 6.74. The van der Waals surface area contributed by atoms with Crippen LogP contribution in [-0.4, -0.2) is 51.3 Å². The monoisotopic (exact) mass is 369 g/mol. The molecular formula is C21H27N3O3. The van der Waals surface area contributed by atoms with Crippen LogP contribution in [0.15, 0.2) is 36.4 Å². The molecule has 1 N–H and O–H groups in total. The number of nitrogens with zero attached hydrogens (tertiary/aromatic N) is 2. The number of carbonyl (C=O) groups is 1. The fourth-order valence-corrected chi connectivity index (χ4v) is 3.21. The number of hydrogen-bond donors (Lipinski definition) is 1. The molecular weight excluding hydrogens is 342 g/mol. The third-order valence-electron chi connectivity index (χ3n) is 5.06. The highest BCUT2D eigenvalue weighted by Crippen LogP contribution is 2.30. The summed E-state index contributed by atoms with van der Waals surface area (Å²) in [6, 6.07) is 11.8. The van der Waals surface area contributed by atoms with Gasteiger partial charge >= 0.3 is 6.03 Å². The van der Waals surface area contributed by atoms with E-state index in [1.165, 1.54) is 16.8 Å². The highest BCUT2D eigenvalue weighted by molar-refractivity contribution is 5.90. The largest absolute Gasteiger partial charge is 0.493 e. The normalized spacial score (nSPS) is 14.1. The van der Waals surface area contributed by atoms with Gasteiger partial charge in [0, 0.05) is 43.6 Å². The number of aryl methyl sites for hydroxylation is 2. The first kappa shape index (κ1) is 18.9. The van der Waals surface area contributed by atoms with Crippen LogP contribution in [0.1, 0.15) is 11.1 Å². The van der Waals surface area contributed by atoms with E-state index in [1.807, 2.05) is 11.0 Å². The molecule has 1 aliphatic rings. The van der Waals surface area contributed by atoms with E-state index in [1.54, 1.807) is 26.4 Å². The van der Waals surface area contributed by atoms with E-state index in [-0.39, 0.29) is 6.03 Å². The molecule has 2 aromatic rings. The minimum Gasteiger partial charge on any atom is -0.493 e. The number of rotatable bonds is 4. The van der Waals surface area contributed by atoms with Crippen molar-refractivity contribution in [3.8, 4) is 11.5 Å². The molecule has 27 heavy (non-hydrogen) atoms. The second kappa shape index (κ2) is 8.20. The minimum atomic E-state index is -0.0954. The maximum absolute atomic E-state index is 12.6. The molecule has 0 atom stereocenters. The standard InChI is InChI=1S/C21H27N3O3/c1-15-5-7-18(13-16(15)2)23-9-11-24(12-10-23)21(25)22-17-6-8-19(26-3)20(14-17)27-4/h5-8,13-14H,9-12H2,1-4H3,(H,22,25). The molecule has 1 saturated heterocycles. The molecule has 0 radical (unpaired) electrons. The predicted molar refractivity (Wildman–Crippen MR) is 108 cm³/mol. The van der Waals surface area contributed by atoms with Gasteiger partial charge in [-0.05, 0) is 49.2 Å². The van der Waals surface area contributed by atoms with Gasteiger partial charge in [0.2, 0.25) is 0 Å². The molecule has 3 rings (SSSR count). The summed E-state index contributed by atoms with van der Waals surface area (Å²) in [5.41, 5.74) is 4.50. The zero-order chi connectivity index (χ0) is 19.4. The predicted octanol–water partition coefficient (Wildman–Crippen LogP) is 3.67. The number of carbonyl (C=O) groups excluding carboxylic acids is 1. The lowest BCUT2D eigenvalue weighted by molar-refractivity contribution is 0.208. The third kappa shape index (κ3) is 4.27. The summed E-state index contributed by atoms with van der Waals surface area (Å²) < 4.78 is 10.5. The van der Waals surface area contributed by atoms with Gasteiger partial charge in [0.15, 0.2) is 11.5 Å². The third-order valence-corrected chi connectivity index (χ3v) is 5.06. The van der Waals surface area contributed by atoms with Gasteiger partial charge < -0.3 is 24.6 Å². The van der Waals surface area contributed by atoms with Crippen LogP contribution >= 0.6 is 0 Å². The van der Waals surface area contributed by atoms with Crippen LogP contribution in [-0.2, 0) is 0 Å². The van der Waals surface area contributed by atoms with Crippen LogP contribution in [0.5, 0.6) is 11.5 Å². The zero-order valence-corrected chi connectivity index (χ0v) is 16.4. The molecule has 6 nitrogen and oxygen atoms in total. The van der Waals surface area contributed by atoms with Crippen molar-refractivity contribution in [1.82, 2.24) is 4.90 Å². The number of anilines is 2.